The smallest absolute Gasteiger partial charge is 0.240 e. The van der Waals surface area contributed by atoms with Crippen molar-refractivity contribution in [3.05, 3.63) is 35.9 Å². The lowest BCUT2D eigenvalue weighted by atomic mass is 10.2. The summed E-state index contributed by atoms with van der Waals surface area (Å²) in [4.78, 5) is 11.2. The second kappa shape index (κ2) is 4.23. The molecule has 2 atom stereocenters. The van der Waals surface area contributed by atoms with Gasteiger partial charge in [0.05, 0.1) is 12.7 Å². The van der Waals surface area contributed by atoms with E-state index >= 15 is 0 Å². The molecule has 4 nitrogen and oxygen atoms in total. The van der Waals surface area contributed by atoms with Gasteiger partial charge in [-0.3, -0.25) is 4.79 Å². The molecule has 0 heterocycles. The first-order valence-electron chi connectivity index (χ1n) is 5.33. The Bertz CT molecular complexity index is 380. The van der Waals surface area contributed by atoms with Crippen LogP contribution in [0.2, 0.25) is 0 Å². The summed E-state index contributed by atoms with van der Waals surface area (Å²) in [5, 5.41) is 2.94. The largest absolute Gasteiger partial charge is 0.371 e. The van der Waals surface area contributed by atoms with Crippen molar-refractivity contribution in [2.45, 2.75) is 24.7 Å². The van der Waals surface area contributed by atoms with E-state index in [0.29, 0.717) is 13.0 Å². The van der Waals surface area contributed by atoms with Gasteiger partial charge in [-0.15, -0.1) is 0 Å². The average Bonchev–Trinajstić information content (AvgIpc) is 3.03. The highest BCUT2D eigenvalue weighted by molar-refractivity contribution is 5.89. The third-order valence-corrected chi connectivity index (χ3v) is 3.08. The van der Waals surface area contributed by atoms with E-state index in [1.54, 1.807) is 7.05 Å². The topological polar surface area (TPSA) is 64.3 Å². The Morgan fingerprint density at radius 1 is 1.56 bits per heavy atom. The summed E-state index contributed by atoms with van der Waals surface area (Å²) in [5.74, 6) is -0.340. The molecule has 1 saturated carbocycles. The van der Waals surface area contributed by atoms with E-state index in [1.807, 2.05) is 30.3 Å². The van der Waals surface area contributed by atoms with Gasteiger partial charge in [0, 0.05) is 6.42 Å². The Morgan fingerprint density at radius 2 is 2.25 bits per heavy atom. The summed E-state index contributed by atoms with van der Waals surface area (Å²) < 4.78 is 5.64. The Balaban J connectivity index is 1.88. The van der Waals surface area contributed by atoms with Crippen molar-refractivity contribution in [3.63, 3.8) is 0 Å². The fourth-order valence-corrected chi connectivity index (χ4v) is 1.85. The number of hydrogen-bond donors (Lipinski definition) is 2. The van der Waals surface area contributed by atoms with Gasteiger partial charge in [0.2, 0.25) is 5.91 Å². The lowest BCUT2D eigenvalue weighted by molar-refractivity contribution is -0.122. The number of primary amides is 1. The SMILES string of the molecule is CNC1(C(N)=O)CC1OCc1ccccc1. The molecule has 1 aromatic carbocycles. The van der Waals surface area contributed by atoms with Crippen LogP contribution in [0.1, 0.15) is 12.0 Å². The minimum Gasteiger partial charge on any atom is -0.371 e. The first kappa shape index (κ1) is 11.1. The van der Waals surface area contributed by atoms with E-state index in [1.165, 1.54) is 0 Å². The molecule has 0 radical (unpaired) electrons. The average molecular weight is 220 g/mol. The van der Waals surface area contributed by atoms with Crippen LogP contribution in [0.15, 0.2) is 30.3 Å². The second-order valence-electron chi connectivity index (χ2n) is 4.07. The number of benzene rings is 1. The number of hydrogen-bond acceptors (Lipinski definition) is 3. The Labute approximate surface area is 94.8 Å². The predicted molar refractivity (Wildman–Crippen MR) is 60.6 cm³/mol. The lowest BCUT2D eigenvalue weighted by Gasteiger charge is -2.12. The van der Waals surface area contributed by atoms with Gasteiger partial charge in [-0.1, -0.05) is 30.3 Å². The van der Waals surface area contributed by atoms with E-state index in [2.05, 4.69) is 5.32 Å². The first-order chi connectivity index (χ1) is 7.69. The number of likely N-dealkylation sites (N-methyl/N-ethyl adjacent to an activating group) is 1. The summed E-state index contributed by atoms with van der Waals surface area (Å²) in [6, 6.07) is 9.87. The summed E-state index contributed by atoms with van der Waals surface area (Å²) in [6.45, 7) is 0.516. The van der Waals surface area contributed by atoms with E-state index in [0.717, 1.165) is 5.56 Å². The van der Waals surface area contributed by atoms with E-state index in [9.17, 15) is 4.79 Å². The van der Waals surface area contributed by atoms with Crippen LogP contribution in [0.3, 0.4) is 0 Å². The number of nitrogens with one attached hydrogen (secondary N) is 1. The zero-order chi connectivity index (χ0) is 11.6. The molecule has 2 unspecified atom stereocenters. The number of rotatable bonds is 5. The zero-order valence-electron chi connectivity index (χ0n) is 9.27. The van der Waals surface area contributed by atoms with Crippen LogP contribution in [0.5, 0.6) is 0 Å². The maximum atomic E-state index is 11.2. The van der Waals surface area contributed by atoms with Crippen molar-refractivity contribution < 1.29 is 9.53 Å². The summed E-state index contributed by atoms with van der Waals surface area (Å²) in [5.41, 5.74) is 5.78. The van der Waals surface area contributed by atoms with E-state index in [4.69, 9.17) is 10.5 Å². The number of amides is 1. The molecule has 16 heavy (non-hydrogen) atoms. The first-order valence-corrected chi connectivity index (χ1v) is 5.33. The van der Waals surface area contributed by atoms with Gasteiger partial charge >= 0.3 is 0 Å². The van der Waals surface area contributed by atoms with Crippen LogP contribution in [0, 0.1) is 0 Å². The molecule has 1 aliphatic carbocycles. The van der Waals surface area contributed by atoms with Crippen LogP contribution in [-0.2, 0) is 16.1 Å². The molecule has 3 N–H and O–H groups in total. The minimum atomic E-state index is -0.644. The van der Waals surface area contributed by atoms with Gasteiger partial charge in [0.15, 0.2) is 0 Å². The molecule has 2 rings (SSSR count). The maximum Gasteiger partial charge on any atom is 0.240 e. The van der Waals surface area contributed by atoms with Gasteiger partial charge in [0.25, 0.3) is 0 Å². The van der Waals surface area contributed by atoms with Gasteiger partial charge in [0.1, 0.15) is 5.54 Å². The highest BCUT2D eigenvalue weighted by atomic mass is 16.5. The zero-order valence-corrected chi connectivity index (χ0v) is 9.27. The lowest BCUT2D eigenvalue weighted by Crippen LogP contribution is -2.45. The molecule has 0 aliphatic heterocycles. The van der Waals surface area contributed by atoms with Gasteiger partial charge in [-0.05, 0) is 12.6 Å². The molecular weight excluding hydrogens is 204 g/mol. The van der Waals surface area contributed by atoms with Crippen molar-refractivity contribution >= 4 is 5.91 Å². The van der Waals surface area contributed by atoms with Crippen molar-refractivity contribution in [1.82, 2.24) is 5.32 Å². The van der Waals surface area contributed by atoms with Crippen molar-refractivity contribution in [1.29, 1.82) is 0 Å². The quantitative estimate of drug-likeness (QED) is 0.756. The minimum absolute atomic E-state index is 0.102. The molecule has 86 valence electrons. The van der Waals surface area contributed by atoms with Crippen LogP contribution in [0.4, 0.5) is 0 Å². The van der Waals surface area contributed by atoms with Crippen molar-refractivity contribution in [2.75, 3.05) is 7.05 Å². The Morgan fingerprint density at radius 3 is 2.75 bits per heavy atom. The highest BCUT2D eigenvalue weighted by Gasteiger charge is 2.59. The number of carbonyl (C=O) groups is 1. The van der Waals surface area contributed by atoms with E-state index < -0.39 is 5.54 Å². The molecule has 1 fully saturated rings. The molecule has 4 heteroatoms. The Kier molecular flexibility index (Phi) is 2.94. The normalized spacial score (nSPS) is 27.7. The van der Waals surface area contributed by atoms with E-state index in [-0.39, 0.29) is 12.0 Å². The standard InChI is InChI=1S/C12H16N2O2/c1-14-12(11(13)15)7-10(12)16-8-9-5-3-2-4-6-9/h2-6,10,14H,7-8H2,1H3,(H2,13,15). The van der Waals surface area contributed by atoms with Gasteiger partial charge in [-0.25, -0.2) is 0 Å². The highest BCUT2D eigenvalue weighted by Crippen LogP contribution is 2.38. The van der Waals surface area contributed by atoms with Crippen molar-refractivity contribution in [3.8, 4) is 0 Å². The van der Waals surface area contributed by atoms with Crippen LogP contribution in [0.25, 0.3) is 0 Å². The fourth-order valence-electron chi connectivity index (χ4n) is 1.85. The van der Waals surface area contributed by atoms with Gasteiger partial charge in [-0.2, -0.15) is 0 Å². The summed E-state index contributed by atoms with van der Waals surface area (Å²) in [7, 11) is 1.73. The van der Waals surface area contributed by atoms with Crippen molar-refractivity contribution in [2.24, 2.45) is 5.73 Å². The number of nitrogens with two attached hydrogens (primary N) is 1. The molecule has 0 spiro atoms. The molecule has 1 aromatic rings. The third kappa shape index (κ3) is 1.94. The monoisotopic (exact) mass is 220 g/mol. The second-order valence-corrected chi connectivity index (χ2v) is 4.07. The Hall–Kier alpha value is -1.39. The predicted octanol–water partition coefficient (Wildman–Crippen LogP) is 0.419. The molecular formula is C12H16N2O2. The van der Waals surface area contributed by atoms with Gasteiger partial charge < -0.3 is 15.8 Å². The number of ether oxygens (including phenoxy) is 1. The molecule has 0 saturated heterocycles. The van der Waals surface area contributed by atoms with Crippen LogP contribution in [-0.4, -0.2) is 24.6 Å². The van der Waals surface area contributed by atoms with Crippen LogP contribution >= 0.6 is 0 Å². The van der Waals surface area contributed by atoms with Crippen LogP contribution < -0.4 is 11.1 Å². The number of carbonyl (C=O) groups excluding carboxylic acids is 1. The molecule has 1 aliphatic rings. The molecule has 1 amide bonds. The summed E-state index contributed by atoms with van der Waals surface area (Å²) >= 11 is 0. The molecule has 0 aromatic heterocycles. The maximum absolute atomic E-state index is 11.2. The third-order valence-electron chi connectivity index (χ3n) is 3.08. The molecule has 0 bridgehead atoms. The fraction of sp³-hybridized carbons (Fsp3) is 0.417. The summed E-state index contributed by atoms with van der Waals surface area (Å²) in [6.07, 6.45) is 0.557.